The largest absolute Gasteiger partial charge is 0.399 e. The van der Waals surface area contributed by atoms with Crippen LogP contribution in [-0.4, -0.2) is 10.9 Å². The molecule has 0 saturated heterocycles. The van der Waals surface area contributed by atoms with E-state index in [4.69, 9.17) is 5.73 Å². The van der Waals surface area contributed by atoms with Crippen molar-refractivity contribution in [3.8, 4) is 0 Å². The summed E-state index contributed by atoms with van der Waals surface area (Å²) in [6.45, 7) is 2.34. The number of rotatable bonds is 3. The van der Waals surface area contributed by atoms with Crippen molar-refractivity contribution in [1.82, 2.24) is 10.3 Å². The van der Waals surface area contributed by atoms with Gasteiger partial charge in [-0.15, -0.1) is 11.3 Å². The summed E-state index contributed by atoms with van der Waals surface area (Å²) in [5, 5.41) is 5.59. The normalized spacial score (nSPS) is 10.2. The third kappa shape index (κ3) is 2.82. The topological polar surface area (TPSA) is 68.0 Å². The van der Waals surface area contributed by atoms with E-state index in [2.05, 4.69) is 10.3 Å². The molecule has 0 saturated carbocycles. The molecule has 1 aromatic carbocycles. The van der Waals surface area contributed by atoms with Crippen LogP contribution in [0.1, 0.15) is 20.9 Å². The summed E-state index contributed by atoms with van der Waals surface area (Å²) in [4.78, 5) is 15.9. The number of carbonyl (C=O) groups is 1. The maximum atomic E-state index is 11.8. The molecule has 88 valence electrons. The Hall–Kier alpha value is -1.88. The highest BCUT2D eigenvalue weighted by Gasteiger charge is 2.07. The molecule has 2 rings (SSSR count). The van der Waals surface area contributed by atoms with Gasteiger partial charge in [0.25, 0.3) is 5.91 Å². The van der Waals surface area contributed by atoms with Gasteiger partial charge >= 0.3 is 0 Å². The number of hydrogen-bond acceptors (Lipinski definition) is 4. The van der Waals surface area contributed by atoms with Crippen LogP contribution in [0.4, 0.5) is 5.69 Å². The molecular weight excluding hydrogens is 234 g/mol. The van der Waals surface area contributed by atoms with E-state index >= 15 is 0 Å². The molecule has 0 spiro atoms. The van der Waals surface area contributed by atoms with Crippen molar-refractivity contribution in [2.75, 3.05) is 5.73 Å². The Kier molecular flexibility index (Phi) is 3.39. The lowest BCUT2D eigenvalue weighted by Gasteiger charge is -2.05. The lowest BCUT2D eigenvalue weighted by atomic mass is 10.1. The van der Waals surface area contributed by atoms with Crippen molar-refractivity contribution in [1.29, 1.82) is 0 Å². The van der Waals surface area contributed by atoms with Crippen molar-refractivity contribution in [2.24, 2.45) is 0 Å². The van der Waals surface area contributed by atoms with Crippen molar-refractivity contribution in [3.05, 3.63) is 45.9 Å². The number of amides is 1. The lowest BCUT2D eigenvalue weighted by molar-refractivity contribution is 0.0951. The van der Waals surface area contributed by atoms with Crippen LogP contribution in [0.3, 0.4) is 0 Å². The van der Waals surface area contributed by atoms with Gasteiger partial charge in [0.1, 0.15) is 5.01 Å². The Labute approximate surface area is 103 Å². The van der Waals surface area contributed by atoms with Gasteiger partial charge in [-0.25, -0.2) is 4.98 Å². The smallest absolute Gasteiger partial charge is 0.251 e. The predicted molar refractivity (Wildman–Crippen MR) is 68.9 cm³/mol. The first-order valence-electron chi connectivity index (χ1n) is 5.19. The van der Waals surface area contributed by atoms with E-state index in [-0.39, 0.29) is 5.91 Å². The molecule has 1 heterocycles. The van der Waals surface area contributed by atoms with Gasteiger partial charge in [-0.2, -0.15) is 0 Å². The molecule has 0 radical (unpaired) electrons. The highest BCUT2D eigenvalue weighted by Crippen LogP contribution is 2.12. The van der Waals surface area contributed by atoms with Crippen LogP contribution >= 0.6 is 11.3 Å². The van der Waals surface area contributed by atoms with Crippen LogP contribution < -0.4 is 11.1 Å². The summed E-state index contributed by atoms with van der Waals surface area (Å²) < 4.78 is 0. The summed E-state index contributed by atoms with van der Waals surface area (Å²) in [7, 11) is 0. The zero-order valence-corrected chi connectivity index (χ0v) is 10.3. The molecule has 1 aromatic heterocycles. The monoisotopic (exact) mass is 247 g/mol. The molecule has 4 nitrogen and oxygen atoms in total. The molecule has 0 aliphatic rings. The van der Waals surface area contributed by atoms with Gasteiger partial charge in [-0.3, -0.25) is 4.79 Å². The van der Waals surface area contributed by atoms with Gasteiger partial charge in [-0.1, -0.05) is 0 Å². The highest BCUT2D eigenvalue weighted by molar-refractivity contribution is 7.09. The molecule has 0 bridgehead atoms. The van der Waals surface area contributed by atoms with Crippen LogP contribution in [0.5, 0.6) is 0 Å². The SMILES string of the molecule is Cc1cc(C(=O)NCc2nccs2)ccc1N. The van der Waals surface area contributed by atoms with Crippen LogP contribution in [0.15, 0.2) is 29.8 Å². The number of nitrogens with one attached hydrogen (secondary N) is 1. The second kappa shape index (κ2) is 4.97. The van der Waals surface area contributed by atoms with Gasteiger partial charge < -0.3 is 11.1 Å². The lowest BCUT2D eigenvalue weighted by Crippen LogP contribution is -2.22. The average Bonchev–Trinajstić information content (AvgIpc) is 2.82. The van der Waals surface area contributed by atoms with Gasteiger partial charge in [0.15, 0.2) is 0 Å². The molecule has 0 atom stereocenters. The van der Waals surface area contributed by atoms with Crippen LogP contribution in [0.2, 0.25) is 0 Å². The molecule has 1 amide bonds. The molecule has 0 aliphatic carbocycles. The third-order valence-corrected chi connectivity index (χ3v) is 3.20. The van der Waals surface area contributed by atoms with Gasteiger partial charge in [0.05, 0.1) is 6.54 Å². The van der Waals surface area contributed by atoms with Crippen molar-refractivity contribution >= 4 is 22.9 Å². The summed E-state index contributed by atoms with van der Waals surface area (Å²) in [6.07, 6.45) is 1.72. The van der Waals surface area contributed by atoms with E-state index in [1.807, 2.05) is 12.3 Å². The van der Waals surface area contributed by atoms with E-state index in [9.17, 15) is 4.79 Å². The Bertz CT molecular complexity index is 523. The Morgan fingerprint density at radius 2 is 2.35 bits per heavy atom. The number of carbonyl (C=O) groups excluding carboxylic acids is 1. The number of nitrogens with zero attached hydrogens (tertiary/aromatic N) is 1. The Balaban J connectivity index is 2.02. The van der Waals surface area contributed by atoms with E-state index < -0.39 is 0 Å². The van der Waals surface area contributed by atoms with Crippen LogP contribution in [0, 0.1) is 6.92 Å². The van der Waals surface area contributed by atoms with E-state index in [0.29, 0.717) is 17.8 Å². The first kappa shape index (κ1) is 11.6. The number of hydrogen-bond donors (Lipinski definition) is 2. The predicted octanol–water partition coefficient (Wildman–Crippen LogP) is 1.96. The highest BCUT2D eigenvalue weighted by atomic mass is 32.1. The molecule has 17 heavy (non-hydrogen) atoms. The van der Waals surface area contributed by atoms with Gasteiger partial charge in [-0.05, 0) is 30.7 Å². The van der Waals surface area contributed by atoms with E-state index in [1.54, 1.807) is 24.4 Å². The fourth-order valence-corrected chi connectivity index (χ4v) is 1.97. The minimum Gasteiger partial charge on any atom is -0.399 e. The zero-order chi connectivity index (χ0) is 12.3. The molecule has 3 N–H and O–H groups in total. The standard InChI is InChI=1S/C12H13N3OS/c1-8-6-9(2-3-10(8)13)12(16)15-7-11-14-4-5-17-11/h2-6H,7,13H2,1H3,(H,15,16). The maximum absolute atomic E-state index is 11.8. The average molecular weight is 247 g/mol. The summed E-state index contributed by atoms with van der Waals surface area (Å²) in [5.41, 5.74) is 7.92. The quantitative estimate of drug-likeness (QED) is 0.815. The maximum Gasteiger partial charge on any atom is 0.251 e. The first-order chi connectivity index (χ1) is 8.16. The van der Waals surface area contributed by atoms with Gasteiger partial charge in [0, 0.05) is 22.8 Å². The fourth-order valence-electron chi connectivity index (χ4n) is 1.42. The summed E-state index contributed by atoms with van der Waals surface area (Å²) >= 11 is 1.52. The molecule has 0 unspecified atom stereocenters. The number of anilines is 1. The van der Waals surface area contributed by atoms with Crippen LogP contribution in [0.25, 0.3) is 0 Å². The molecule has 0 aliphatic heterocycles. The number of thiazole rings is 1. The molecule has 5 heteroatoms. The number of nitrogen functional groups attached to an aromatic ring is 1. The van der Waals surface area contributed by atoms with Crippen molar-refractivity contribution in [2.45, 2.75) is 13.5 Å². The molecule has 0 fully saturated rings. The number of aryl methyl sites for hydroxylation is 1. The van der Waals surface area contributed by atoms with Gasteiger partial charge in [0.2, 0.25) is 0 Å². The number of aromatic nitrogens is 1. The summed E-state index contributed by atoms with van der Waals surface area (Å²) in [6, 6.07) is 5.25. The van der Waals surface area contributed by atoms with E-state index in [1.165, 1.54) is 11.3 Å². The Morgan fingerprint density at radius 1 is 1.53 bits per heavy atom. The second-order valence-corrected chi connectivity index (χ2v) is 4.66. The Morgan fingerprint density at radius 3 is 3.00 bits per heavy atom. The van der Waals surface area contributed by atoms with Crippen LogP contribution in [-0.2, 0) is 6.54 Å². The molecular formula is C12H13N3OS. The van der Waals surface area contributed by atoms with Crippen molar-refractivity contribution < 1.29 is 4.79 Å². The van der Waals surface area contributed by atoms with Crippen molar-refractivity contribution in [3.63, 3.8) is 0 Å². The summed E-state index contributed by atoms with van der Waals surface area (Å²) in [5.74, 6) is -0.108. The number of nitrogens with two attached hydrogens (primary N) is 1. The fraction of sp³-hybridized carbons (Fsp3) is 0.167. The van der Waals surface area contributed by atoms with E-state index in [0.717, 1.165) is 10.6 Å². The number of benzene rings is 1. The zero-order valence-electron chi connectivity index (χ0n) is 9.43. The minimum atomic E-state index is -0.108. The first-order valence-corrected chi connectivity index (χ1v) is 6.07. The third-order valence-electron chi connectivity index (χ3n) is 2.42. The molecule has 2 aromatic rings. The minimum absolute atomic E-state index is 0.108. The second-order valence-electron chi connectivity index (χ2n) is 3.68.